The van der Waals surface area contributed by atoms with Gasteiger partial charge < -0.3 is 10.2 Å². The van der Waals surface area contributed by atoms with Crippen molar-refractivity contribution in [2.45, 2.75) is 57.7 Å². The molecule has 0 spiro atoms. The molecule has 1 N–H and O–H groups in total. The first-order chi connectivity index (χ1) is 14.3. The van der Waals surface area contributed by atoms with Crippen LogP contribution in [0.5, 0.6) is 0 Å². The minimum atomic E-state index is -0.720. The van der Waals surface area contributed by atoms with Crippen LogP contribution in [-0.2, 0) is 22.6 Å². The molecule has 0 aromatic heterocycles. The molecule has 0 unspecified atom stereocenters. The lowest BCUT2D eigenvalue weighted by Gasteiger charge is -2.30. The highest BCUT2D eigenvalue weighted by Gasteiger charge is 2.29. The second kappa shape index (κ2) is 10.3. The number of amides is 2. The highest BCUT2D eigenvalue weighted by Crippen LogP contribution is 2.23. The fourth-order valence-electron chi connectivity index (χ4n) is 3.76. The second-order valence-corrected chi connectivity index (χ2v) is 8.54. The molecule has 0 heterocycles. The SMILES string of the molecule is C[C@@H](C(=O)NC1CCCC1)N(Cc1cccc(Cl)c1)C(=O)Cc1c(F)cccc1Cl. The minimum absolute atomic E-state index is 0.128. The summed E-state index contributed by atoms with van der Waals surface area (Å²) in [5.74, 6) is -1.13. The molecular formula is C23H25Cl2FN2O2. The number of halogens is 3. The second-order valence-electron chi connectivity index (χ2n) is 7.69. The molecule has 0 aliphatic heterocycles. The molecular weight excluding hydrogens is 426 g/mol. The van der Waals surface area contributed by atoms with Gasteiger partial charge in [-0.15, -0.1) is 0 Å². The van der Waals surface area contributed by atoms with Crippen molar-refractivity contribution in [1.82, 2.24) is 10.2 Å². The summed E-state index contributed by atoms with van der Waals surface area (Å²) in [5.41, 5.74) is 0.916. The number of hydrogen-bond acceptors (Lipinski definition) is 2. The third-order valence-electron chi connectivity index (χ3n) is 5.50. The third-order valence-corrected chi connectivity index (χ3v) is 6.09. The predicted octanol–water partition coefficient (Wildman–Crippen LogP) is 5.15. The van der Waals surface area contributed by atoms with E-state index in [2.05, 4.69) is 5.32 Å². The molecule has 160 valence electrons. The van der Waals surface area contributed by atoms with Gasteiger partial charge in [-0.25, -0.2) is 4.39 Å². The number of benzene rings is 2. The van der Waals surface area contributed by atoms with Crippen LogP contribution in [-0.4, -0.2) is 28.8 Å². The van der Waals surface area contributed by atoms with Crippen LogP contribution in [0.3, 0.4) is 0 Å². The van der Waals surface area contributed by atoms with E-state index in [9.17, 15) is 14.0 Å². The van der Waals surface area contributed by atoms with Gasteiger partial charge in [0.05, 0.1) is 6.42 Å². The van der Waals surface area contributed by atoms with Gasteiger partial charge in [-0.2, -0.15) is 0 Å². The molecule has 0 bridgehead atoms. The van der Waals surface area contributed by atoms with Crippen LogP contribution in [0.25, 0.3) is 0 Å². The Morgan fingerprint density at radius 1 is 1.17 bits per heavy atom. The summed E-state index contributed by atoms with van der Waals surface area (Å²) < 4.78 is 14.2. The number of carbonyl (C=O) groups is 2. The Bertz CT molecular complexity index is 896. The first-order valence-corrected chi connectivity index (χ1v) is 10.9. The van der Waals surface area contributed by atoms with Gasteiger partial charge in [-0.05, 0) is 49.6 Å². The first-order valence-electron chi connectivity index (χ1n) is 10.1. The average molecular weight is 451 g/mol. The van der Waals surface area contributed by atoms with E-state index >= 15 is 0 Å². The Hall–Kier alpha value is -2.11. The Morgan fingerprint density at radius 2 is 1.87 bits per heavy atom. The normalized spacial score (nSPS) is 15.1. The summed E-state index contributed by atoms with van der Waals surface area (Å²) >= 11 is 12.2. The molecule has 30 heavy (non-hydrogen) atoms. The van der Waals surface area contributed by atoms with Crippen LogP contribution < -0.4 is 5.32 Å². The maximum absolute atomic E-state index is 14.2. The molecule has 2 aromatic rings. The molecule has 1 aliphatic carbocycles. The molecule has 0 radical (unpaired) electrons. The Labute approximate surface area is 186 Å². The maximum atomic E-state index is 14.2. The number of nitrogens with zero attached hydrogens (tertiary/aromatic N) is 1. The van der Waals surface area contributed by atoms with Crippen molar-refractivity contribution in [1.29, 1.82) is 0 Å². The molecule has 3 rings (SSSR count). The number of hydrogen-bond donors (Lipinski definition) is 1. The van der Waals surface area contributed by atoms with E-state index in [4.69, 9.17) is 23.2 Å². The maximum Gasteiger partial charge on any atom is 0.242 e. The summed E-state index contributed by atoms with van der Waals surface area (Å²) in [7, 11) is 0. The molecule has 0 saturated heterocycles. The zero-order chi connectivity index (χ0) is 21.7. The van der Waals surface area contributed by atoms with Crippen molar-refractivity contribution in [3.05, 3.63) is 69.5 Å². The smallest absolute Gasteiger partial charge is 0.242 e. The van der Waals surface area contributed by atoms with Crippen molar-refractivity contribution in [3.8, 4) is 0 Å². The number of nitrogens with one attached hydrogen (secondary N) is 1. The van der Waals surface area contributed by atoms with Gasteiger partial charge >= 0.3 is 0 Å². The lowest BCUT2D eigenvalue weighted by atomic mass is 10.1. The molecule has 7 heteroatoms. The van der Waals surface area contributed by atoms with Gasteiger partial charge in [0.1, 0.15) is 11.9 Å². The standard InChI is InChI=1S/C23H25Cl2FN2O2/c1-15(23(30)27-18-8-2-3-9-18)28(14-16-6-4-7-17(24)12-16)22(29)13-19-20(25)10-5-11-21(19)26/h4-7,10-12,15,18H,2-3,8-9,13-14H2,1H3,(H,27,30)/t15-/m0/s1. The molecule has 2 aromatic carbocycles. The number of carbonyl (C=O) groups excluding carboxylic acids is 2. The van der Waals surface area contributed by atoms with E-state index in [1.165, 1.54) is 17.0 Å². The monoisotopic (exact) mass is 450 g/mol. The molecule has 1 atom stereocenters. The summed E-state index contributed by atoms with van der Waals surface area (Å²) in [6.07, 6.45) is 3.86. The van der Waals surface area contributed by atoms with Gasteiger partial charge in [0.15, 0.2) is 0 Å². The molecule has 1 aliphatic rings. The van der Waals surface area contributed by atoms with Gasteiger partial charge in [0.25, 0.3) is 0 Å². The van der Waals surface area contributed by atoms with E-state index in [-0.39, 0.29) is 41.4 Å². The van der Waals surface area contributed by atoms with Crippen molar-refractivity contribution in [3.63, 3.8) is 0 Å². The van der Waals surface area contributed by atoms with Crippen molar-refractivity contribution >= 4 is 35.0 Å². The zero-order valence-electron chi connectivity index (χ0n) is 16.8. The predicted molar refractivity (Wildman–Crippen MR) is 117 cm³/mol. The molecule has 2 amide bonds. The zero-order valence-corrected chi connectivity index (χ0v) is 18.3. The topological polar surface area (TPSA) is 49.4 Å². The van der Waals surface area contributed by atoms with Crippen LogP contribution in [0.15, 0.2) is 42.5 Å². The minimum Gasteiger partial charge on any atom is -0.352 e. The van der Waals surface area contributed by atoms with Crippen LogP contribution >= 0.6 is 23.2 Å². The van der Waals surface area contributed by atoms with Crippen LogP contribution in [0, 0.1) is 5.82 Å². The van der Waals surface area contributed by atoms with Gasteiger partial charge in [0.2, 0.25) is 11.8 Å². The van der Waals surface area contributed by atoms with E-state index < -0.39 is 11.9 Å². The number of rotatable bonds is 7. The fraction of sp³-hybridized carbons (Fsp3) is 0.391. The quantitative estimate of drug-likeness (QED) is 0.633. The largest absolute Gasteiger partial charge is 0.352 e. The van der Waals surface area contributed by atoms with Crippen molar-refractivity contribution in [2.24, 2.45) is 0 Å². The summed E-state index contributed by atoms with van der Waals surface area (Å²) in [6, 6.07) is 10.9. The van der Waals surface area contributed by atoms with E-state index in [1.807, 2.05) is 6.07 Å². The van der Waals surface area contributed by atoms with Gasteiger partial charge in [0, 0.05) is 28.2 Å². The van der Waals surface area contributed by atoms with E-state index in [0.717, 1.165) is 31.2 Å². The Morgan fingerprint density at radius 3 is 2.53 bits per heavy atom. The van der Waals surface area contributed by atoms with E-state index in [0.29, 0.717) is 5.02 Å². The van der Waals surface area contributed by atoms with Gasteiger partial charge in [-0.3, -0.25) is 9.59 Å². The molecule has 1 saturated carbocycles. The van der Waals surface area contributed by atoms with E-state index in [1.54, 1.807) is 31.2 Å². The lowest BCUT2D eigenvalue weighted by molar-refractivity contribution is -0.140. The average Bonchev–Trinajstić information content (AvgIpc) is 3.21. The highest BCUT2D eigenvalue weighted by atomic mass is 35.5. The third kappa shape index (κ3) is 5.73. The Kier molecular flexibility index (Phi) is 7.73. The summed E-state index contributed by atoms with van der Waals surface area (Å²) in [6.45, 7) is 1.88. The van der Waals surface area contributed by atoms with Crippen LogP contribution in [0.4, 0.5) is 4.39 Å². The van der Waals surface area contributed by atoms with Crippen LogP contribution in [0.2, 0.25) is 10.0 Å². The molecule has 4 nitrogen and oxygen atoms in total. The lowest BCUT2D eigenvalue weighted by Crippen LogP contribution is -2.50. The fourth-order valence-corrected chi connectivity index (χ4v) is 4.20. The Balaban J connectivity index is 1.82. The first kappa shape index (κ1) is 22.6. The highest BCUT2D eigenvalue weighted by molar-refractivity contribution is 6.31. The van der Waals surface area contributed by atoms with Crippen LogP contribution in [0.1, 0.15) is 43.7 Å². The summed E-state index contributed by atoms with van der Waals surface area (Å²) in [5, 5.41) is 3.77. The van der Waals surface area contributed by atoms with Crippen molar-refractivity contribution < 1.29 is 14.0 Å². The van der Waals surface area contributed by atoms with Gasteiger partial charge in [-0.1, -0.05) is 54.2 Å². The summed E-state index contributed by atoms with van der Waals surface area (Å²) in [4.78, 5) is 27.5. The molecule has 1 fully saturated rings. The van der Waals surface area contributed by atoms with Crippen molar-refractivity contribution in [2.75, 3.05) is 0 Å².